The molecule has 9 heteroatoms. The number of aliphatic hydroxyl groups is 1. The molecule has 31 heavy (non-hydrogen) atoms. The van der Waals surface area contributed by atoms with Crippen LogP contribution in [0, 0.1) is 0 Å². The summed E-state index contributed by atoms with van der Waals surface area (Å²) < 4.78 is 16.7. The number of benzene rings is 3. The molecule has 0 amide bonds. The topological polar surface area (TPSA) is 150 Å². The Bertz CT molecular complexity index is 1410. The number of fused-ring (bicyclic) bond motifs is 4. The van der Waals surface area contributed by atoms with E-state index in [0.29, 0.717) is 10.9 Å². The zero-order chi connectivity index (χ0) is 21.9. The minimum Gasteiger partial charge on any atom is -0.508 e. The van der Waals surface area contributed by atoms with Crippen molar-refractivity contribution < 1.29 is 39.4 Å². The fourth-order valence-electron chi connectivity index (χ4n) is 3.80. The Morgan fingerprint density at radius 1 is 0.935 bits per heavy atom. The van der Waals surface area contributed by atoms with Crippen LogP contribution in [0.25, 0.3) is 21.7 Å². The quantitative estimate of drug-likeness (QED) is 0.190. The van der Waals surface area contributed by atoms with E-state index in [9.17, 15) is 30.3 Å². The van der Waals surface area contributed by atoms with Gasteiger partial charge in [0.25, 0.3) is 0 Å². The first kappa shape index (κ1) is 18.9. The lowest BCUT2D eigenvalue weighted by Crippen LogP contribution is -2.26. The Morgan fingerprint density at radius 2 is 1.68 bits per heavy atom. The van der Waals surface area contributed by atoms with Crippen molar-refractivity contribution in [3.63, 3.8) is 0 Å². The van der Waals surface area contributed by atoms with Crippen LogP contribution < -0.4 is 15.1 Å². The molecule has 0 unspecified atom stereocenters. The summed E-state index contributed by atoms with van der Waals surface area (Å²) >= 11 is 0. The minimum absolute atomic E-state index is 0.0000557. The van der Waals surface area contributed by atoms with E-state index in [1.165, 1.54) is 42.5 Å². The van der Waals surface area contributed by atoms with Crippen LogP contribution >= 0.6 is 0 Å². The van der Waals surface area contributed by atoms with Crippen molar-refractivity contribution in [2.24, 2.45) is 0 Å². The van der Waals surface area contributed by atoms with Gasteiger partial charge >= 0.3 is 5.63 Å². The Morgan fingerprint density at radius 3 is 2.45 bits per heavy atom. The van der Waals surface area contributed by atoms with Gasteiger partial charge in [-0.15, -0.1) is 0 Å². The van der Waals surface area contributed by atoms with E-state index in [1.807, 2.05) is 0 Å². The molecule has 0 aliphatic carbocycles. The van der Waals surface area contributed by atoms with Crippen molar-refractivity contribution in [3.8, 4) is 34.5 Å². The van der Waals surface area contributed by atoms with Crippen LogP contribution in [-0.4, -0.2) is 38.2 Å². The van der Waals surface area contributed by atoms with E-state index in [1.54, 1.807) is 0 Å². The molecule has 158 valence electrons. The van der Waals surface area contributed by atoms with E-state index in [4.69, 9.17) is 13.9 Å². The zero-order valence-electron chi connectivity index (χ0n) is 15.8. The summed E-state index contributed by atoms with van der Waals surface area (Å²) in [7, 11) is 0. The van der Waals surface area contributed by atoms with Crippen molar-refractivity contribution >= 4 is 21.7 Å². The molecule has 0 fully saturated rings. The maximum atomic E-state index is 12.3. The van der Waals surface area contributed by atoms with Crippen LogP contribution in [0.3, 0.4) is 0 Å². The monoisotopic (exact) mass is 424 g/mol. The van der Waals surface area contributed by atoms with E-state index in [-0.39, 0.29) is 50.9 Å². The highest BCUT2D eigenvalue weighted by atomic mass is 16.6. The highest BCUT2D eigenvalue weighted by molar-refractivity contribution is 6.08. The molecule has 2 atom stereocenters. The molecule has 5 N–H and O–H groups in total. The summed E-state index contributed by atoms with van der Waals surface area (Å²) in [6.07, 6.45) is -1.77. The van der Waals surface area contributed by atoms with Crippen molar-refractivity contribution in [1.29, 1.82) is 0 Å². The molecule has 1 aliphatic rings. The number of aromatic hydroxyl groups is 4. The van der Waals surface area contributed by atoms with Crippen molar-refractivity contribution in [1.82, 2.24) is 0 Å². The normalized spacial score (nSPS) is 17.6. The Balaban J connectivity index is 1.67. The maximum absolute atomic E-state index is 12.3. The smallest absolute Gasteiger partial charge is 0.344 e. The third kappa shape index (κ3) is 2.86. The number of rotatable bonds is 3. The minimum atomic E-state index is -0.912. The van der Waals surface area contributed by atoms with E-state index < -0.39 is 24.4 Å². The molecule has 1 aliphatic heterocycles. The molecular formula is C22H16O9. The summed E-state index contributed by atoms with van der Waals surface area (Å²) in [4.78, 5) is 12.3. The highest BCUT2D eigenvalue weighted by Gasteiger charge is 2.37. The molecular weight excluding hydrogens is 408 g/mol. The number of hydrogen-bond acceptors (Lipinski definition) is 9. The van der Waals surface area contributed by atoms with Gasteiger partial charge in [-0.05, 0) is 30.3 Å². The second-order valence-electron chi connectivity index (χ2n) is 7.16. The predicted molar refractivity (Wildman–Crippen MR) is 108 cm³/mol. The molecule has 0 radical (unpaired) electrons. The van der Waals surface area contributed by atoms with E-state index in [0.717, 1.165) is 0 Å². The number of phenolic OH excluding ortho intramolecular Hbond substituents is 4. The van der Waals surface area contributed by atoms with Gasteiger partial charge in [0.15, 0.2) is 35.2 Å². The first-order valence-electron chi connectivity index (χ1n) is 9.29. The number of hydrogen-bond donors (Lipinski definition) is 5. The number of aliphatic hydroxyl groups excluding tert-OH is 1. The molecule has 0 saturated carbocycles. The molecule has 4 aromatic rings. The lowest BCUT2D eigenvalue weighted by Gasteiger charge is -2.20. The average Bonchev–Trinajstić information content (AvgIpc) is 3.06. The van der Waals surface area contributed by atoms with Crippen LogP contribution in [0.2, 0.25) is 0 Å². The Kier molecular flexibility index (Phi) is 4.09. The molecule has 0 saturated heterocycles. The summed E-state index contributed by atoms with van der Waals surface area (Å²) in [6.45, 7) is -0.430. The van der Waals surface area contributed by atoms with Crippen molar-refractivity contribution in [2.75, 3.05) is 6.61 Å². The SMILES string of the molecule is O=c1oc2cc(O)ccc2c2c(O)c(O[C@@H]3c4cc(O)c(O)cc4O[C@H]3CO)ccc12. The van der Waals surface area contributed by atoms with Gasteiger partial charge in [-0.1, -0.05) is 0 Å². The molecule has 0 spiro atoms. The van der Waals surface area contributed by atoms with Crippen LogP contribution in [0.5, 0.6) is 34.5 Å². The fraction of sp³-hybridized carbons (Fsp3) is 0.136. The average molecular weight is 424 g/mol. The summed E-state index contributed by atoms with van der Waals surface area (Å²) in [5, 5.41) is 50.6. The standard InChI is InChI=1S/C22H16O9/c23-8-18-21(12-6-13(25)14(26)7-17(12)29-18)30-15-4-3-11-19(20(15)27)10-2-1-9(24)5-16(10)31-22(11)28/h1-7,18,21,23-27H,8H2/t18-,21+/m0/s1. The Labute approximate surface area is 173 Å². The van der Waals surface area contributed by atoms with E-state index >= 15 is 0 Å². The molecule has 3 aromatic carbocycles. The van der Waals surface area contributed by atoms with Gasteiger partial charge in [0.05, 0.1) is 12.0 Å². The number of ether oxygens (including phenoxy) is 2. The van der Waals surface area contributed by atoms with Gasteiger partial charge in [0.2, 0.25) is 0 Å². The summed E-state index contributed by atoms with van der Waals surface area (Å²) in [5.41, 5.74) is -0.234. The molecule has 9 nitrogen and oxygen atoms in total. The lowest BCUT2D eigenvalue weighted by atomic mass is 10.0. The fourth-order valence-corrected chi connectivity index (χ4v) is 3.80. The molecule has 5 rings (SSSR count). The van der Waals surface area contributed by atoms with Gasteiger partial charge in [-0.25, -0.2) is 4.79 Å². The van der Waals surface area contributed by atoms with E-state index in [2.05, 4.69) is 0 Å². The van der Waals surface area contributed by atoms with Crippen LogP contribution in [0.4, 0.5) is 0 Å². The second kappa shape index (κ2) is 6.71. The van der Waals surface area contributed by atoms with Crippen molar-refractivity contribution in [2.45, 2.75) is 12.2 Å². The van der Waals surface area contributed by atoms with Gasteiger partial charge in [-0.2, -0.15) is 0 Å². The van der Waals surface area contributed by atoms with Gasteiger partial charge in [0.1, 0.15) is 17.1 Å². The van der Waals surface area contributed by atoms with Gasteiger partial charge in [-0.3, -0.25) is 0 Å². The highest BCUT2D eigenvalue weighted by Crippen LogP contribution is 2.47. The molecule has 0 bridgehead atoms. The first-order valence-corrected chi connectivity index (χ1v) is 9.29. The molecule has 2 heterocycles. The lowest BCUT2D eigenvalue weighted by molar-refractivity contribution is 0.0405. The first-order chi connectivity index (χ1) is 14.9. The second-order valence-corrected chi connectivity index (χ2v) is 7.16. The molecule has 1 aromatic heterocycles. The van der Waals surface area contributed by atoms with Crippen LogP contribution in [-0.2, 0) is 0 Å². The van der Waals surface area contributed by atoms with Gasteiger partial charge < -0.3 is 39.4 Å². The largest absolute Gasteiger partial charge is 0.508 e. The number of phenols is 4. The third-order valence-electron chi connectivity index (χ3n) is 5.26. The third-order valence-corrected chi connectivity index (χ3v) is 5.26. The zero-order valence-corrected chi connectivity index (χ0v) is 15.8. The summed E-state index contributed by atoms with van der Waals surface area (Å²) in [5.74, 6) is -0.988. The Hall–Kier alpha value is -4.11. The van der Waals surface area contributed by atoms with Crippen LogP contribution in [0.1, 0.15) is 11.7 Å². The maximum Gasteiger partial charge on any atom is 0.344 e. The van der Waals surface area contributed by atoms with Crippen LogP contribution in [0.15, 0.2) is 51.7 Å². The summed E-state index contributed by atoms with van der Waals surface area (Å²) in [6, 6.07) is 9.45. The van der Waals surface area contributed by atoms with Gasteiger partial charge in [0, 0.05) is 28.5 Å². The predicted octanol–water partition coefficient (Wildman–Crippen LogP) is 2.64. The van der Waals surface area contributed by atoms with Crippen molar-refractivity contribution in [3.05, 3.63) is 58.4 Å².